The molecule has 1 N–H and O–H groups in total. The lowest BCUT2D eigenvalue weighted by Crippen LogP contribution is -2.33. The van der Waals surface area contributed by atoms with E-state index in [9.17, 15) is 9.59 Å². The van der Waals surface area contributed by atoms with Crippen LogP contribution in [0.1, 0.15) is 36.2 Å². The van der Waals surface area contributed by atoms with Gasteiger partial charge in [-0.05, 0) is 18.9 Å². The second kappa shape index (κ2) is 8.02. The Bertz CT molecular complexity index is 978. The summed E-state index contributed by atoms with van der Waals surface area (Å²) in [5.41, 5.74) is -0.203. The number of hydrogen-bond acceptors (Lipinski definition) is 8. The van der Waals surface area contributed by atoms with Crippen LogP contribution in [0.2, 0.25) is 0 Å². The van der Waals surface area contributed by atoms with Crippen molar-refractivity contribution < 1.29 is 9.53 Å². The van der Waals surface area contributed by atoms with Crippen molar-refractivity contribution in [3.63, 3.8) is 0 Å². The number of aryl methyl sites for hydroxylation is 1. The summed E-state index contributed by atoms with van der Waals surface area (Å²) in [5, 5.41) is 12.2. The van der Waals surface area contributed by atoms with Crippen LogP contribution in [0, 0.1) is 0 Å². The quantitative estimate of drug-likeness (QED) is 0.662. The molecule has 8 nitrogen and oxygen atoms in total. The molecule has 0 saturated carbocycles. The largest absolute Gasteiger partial charge is 0.377 e. The number of aromatic nitrogens is 4. The molecular formula is C16H19N5O3S2. The first-order valence-electron chi connectivity index (χ1n) is 8.19. The third-order valence-electron chi connectivity index (χ3n) is 3.87. The highest BCUT2D eigenvalue weighted by Crippen LogP contribution is 2.23. The zero-order valence-electron chi connectivity index (χ0n) is 14.7. The molecule has 10 heteroatoms. The molecule has 1 unspecified atom stereocenters. The van der Waals surface area contributed by atoms with E-state index in [1.165, 1.54) is 33.6 Å². The molecule has 1 amide bonds. The SMILES string of the molecule is CCc1cc2c(=O)n(C(CC)C(=O)Nc3nnc(COC)s3)cnc2s1. The highest BCUT2D eigenvalue weighted by atomic mass is 32.1. The van der Waals surface area contributed by atoms with Crippen LogP contribution in [0.15, 0.2) is 17.2 Å². The minimum atomic E-state index is -0.667. The Morgan fingerprint density at radius 2 is 2.15 bits per heavy atom. The first-order valence-corrected chi connectivity index (χ1v) is 9.82. The number of ether oxygens (including phenoxy) is 1. The maximum Gasteiger partial charge on any atom is 0.262 e. The molecular weight excluding hydrogens is 374 g/mol. The first kappa shape index (κ1) is 18.6. The number of methoxy groups -OCH3 is 1. The Hall–Kier alpha value is -2.17. The van der Waals surface area contributed by atoms with E-state index in [0.29, 0.717) is 33.4 Å². The van der Waals surface area contributed by atoms with E-state index in [1.54, 1.807) is 7.11 Å². The average Bonchev–Trinajstić information content (AvgIpc) is 3.25. The van der Waals surface area contributed by atoms with Gasteiger partial charge in [0.25, 0.3) is 5.56 Å². The van der Waals surface area contributed by atoms with Crippen molar-refractivity contribution in [1.82, 2.24) is 19.7 Å². The molecule has 3 aromatic rings. The minimum Gasteiger partial charge on any atom is -0.377 e. The summed E-state index contributed by atoms with van der Waals surface area (Å²) in [6.07, 6.45) is 2.75. The van der Waals surface area contributed by atoms with Crippen LogP contribution in [-0.2, 0) is 22.6 Å². The molecule has 138 valence electrons. The summed E-state index contributed by atoms with van der Waals surface area (Å²) in [5.74, 6) is -0.318. The van der Waals surface area contributed by atoms with Crippen LogP contribution in [0.3, 0.4) is 0 Å². The van der Waals surface area contributed by atoms with E-state index < -0.39 is 6.04 Å². The Balaban J connectivity index is 1.87. The summed E-state index contributed by atoms with van der Waals surface area (Å²) in [7, 11) is 1.57. The summed E-state index contributed by atoms with van der Waals surface area (Å²) >= 11 is 2.75. The highest BCUT2D eigenvalue weighted by Gasteiger charge is 2.22. The Morgan fingerprint density at radius 3 is 2.85 bits per heavy atom. The normalized spacial score (nSPS) is 12.4. The van der Waals surface area contributed by atoms with Gasteiger partial charge in [0.1, 0.15) is 22.5 Å². The van der Waals surface area contributed by atoms with Crippen molar-refractivity contribution in [3.8, 4) is 0 Å². The van der Waals surface area contributed by atoms with Crippen LogP contribution < -0.4 is 10.9 Å². The number of amides is 1. The number of rotatable bonds is 7. The third kappa shape index (κ3) is 3.67. The van der Waals surface area contributed by atoms with Crippen LogP contribution in [0.5, 0.6) is 0 Å². The van der Waals surface area contributed by atoms with E-state index in [0.717, 1.165) is 11.3 Å². The van der Waals surface area contributed by atoms with Crippen LogP contribution in [0.4, 0.5) is 5.13 Å². The van der Waals surface area contributed by atoms with Gasteiger partial charge < -0.3 is 4.74 Å². The van der Waals surface area contributed by atoms with Gasteiger partial charge in [-0.3, -0.25) is 19.5 Å². The second-order valence-corrected chi connectivity index (χ2v) is 7.77. The number of anilines is 1. The maximum atomic E-state index is 12.8. The van der Waals surface area contributed by atoms with Crippen molar-refractivity contribution in [3.05, 3.63) is 32.6 Å². The molecule has 3 heterocycles. The molecule has 0 saturated heterocycles. The van der Waals surface area contributed by atoms with Gasteiger partial charge in [-0.15, -0.1) is 21.5 Å². The van der Waals surface area contributed by atoms with Gasteiger partial charge in [0, 0.05) is 12.0 Å². The predicted molar refractivity (Wildman–Crippen MR) is 102 cm³/mol. The fourth-order valence-corrected chi connectivity index (χ4v) is 4.21. The zero-order chi connectivity index (χ0) is 18.7. The molecule has 0 bridgehead atoms. The monoisotopic (exact) mass is 393 g/mol. The Kier molecular flexibility index (Phi) is 5.74. The van der Waals surface area contributed by atoms with Gasteiger partial charge >= 0.3 is 0 Å². The fourth-order valence-electron chi connectivity index (χ4n) is 2.57. The summed E-state index contributed by atoms with van der Waals surface area (Å²) in [4.78, 5) is 31.6. The molecule has 26 heavy (non-hydrogen) atoms. The van der Waals surface area contributed by atoms with Crippen molar-refractivity contribution in [1.29, 1.82) is 0 Å². The van der Waals surface area contributed by atoms with E-state index in [1.807, 2.05) is 19.9 Å². The lowest BCUT2D eigenvalue weighted by Gasteiger charge is -2.16. The standard InChI is InChI=1S/C16H19N5O3S2/c1-4-9-6-10-14(25-9)17-8-21(15(10)23)11(5-2)13(22)18-16-20-19-12(26-16)7-24-3/h6,8,11H,4-5,7H2,1-3H3,(H,18,20,22). The lowest BCUT2D eigenvalue weighted by atomic mass is 10.2. The average molecular weight is 393 g/mol. The van der Waals surface area contributed by atoms with Gasteiger partial charge in [-0.2, -0.15) is 0 Å². The molecule has 3 aromatic heterocycles. The summed E-state index contributed by atoms with van der Waals surface area (Å²) in [6, 6.07) is 1.19. The van der Waals surface area contributed by atoms with E-state index in [-0.39, 0.29) is 11.5 Å². The zero-order valence-corrected chi connectivity index (χ0v) is 16.3. The molecule has 0 aliphatic rings. The van der Waals surface area contributed by atoms with E-state index in [4.69, 9.17) is 4.74 Å². The van der Waals surface area contributed by atoms with Gasteiger partial charge in [0.05, 0.1) is 11.7 Å². The van der Waals surface area contributed by atoms with Crippen LogP contribution in [0.25, 0.3) is 10.2 Å². The number of carbonyl (C=O) groups is 1. The number of nitrogens with one attached hydrogen (secondary N) is 1. The lowest BCUT2D eigenvalue weighted by molar-refractivity contribution is -0.119. The topological polar surface area (TPSA) is 99.0 Å². The Morgan fingerprint density at radius 1 is 1.35 bits per heavy atom. The van der Waals surface area contributed by atoms with Gasteiger partial charge in [0.15, 0.2) is 0 Å². The highest BCUT2D eigenvalue weighted by molar-refractivity contribution is 7.18. The molecule has 0 aliphatic heterocycles. The second-order valence-electron chi connectivity index (χ2n) is 5.59. The predicted octanol–water partition coefficient (Wildman–Crippen LogP) is 2.61. The minimum absolute atomic E-state index is 0.203. The van der Waals surface area contributed by atoms with Gasteiger partial charge in [0.2, 0.25) is 11.0 Å². The summed E-state index contributed by atoms with van der Waals surface area (Å²) in [6.45, 7) is 4.22. The molecule has 0 fully saturated rings. The number of fused-ring (bicyclic) bond motifs is 1. The molecule has 0 radical (unpaired) electrons. The van der Waals surface area contributed by atoms with Crippen molar-refractivity contribution in [2.45, 2.75) is 39.3 Å². The summed E-state index contributed by atoms with van der Waals surface area (Å²) < 4.78 is 6.38. The number of nitrogens with zero attached hydrogens (tertiary/aromatic N) is 4. The van der Waals surface area contributed by atoms with Crippen molar-refractivity contribution in [2.24, 2.45) is 0 Å². The molecule has 3 rings (SSSR count). The molecule has 0 aliphatic carbocycles. The van der Waals surface area contributed by atoms with Gasteiger partial charge in [-0.25, -0.2) is 4.98 Å². The fraction of sp³-hybridized carbons (Fsp3) is 0.438. The number of thiophene rings is 1. The number of carbonyl (C=O) groups excluding carboxylic acids is 1. The van der Waals surface area contributed by atoms with E-state index >= 15 is 0 Å². The van der Waals surface area contributed by atoms with Gasteiger partial charge in [-0.1, -0.05) is 25.2 Å². The Labute approximate surface area is 157 Å². The molecule has 0 aromatic carbocycles. The van der Waals surface area contributed by atoms with Crippen LogP contribution >= 0.6 is 22.7 Å². The van der Waals surface area contributed by atoms with Crippen LogP contribution in [-0.4, -0.2) is 32.8 Å². The van der Waals surface area contributed by atoms with Crippen molar-refractivity contribution >= 4 is 43.9 Å². The first-order chi connectivity index (χ1) is 12.6. The molecule has 0 spiro atoms. The third-order valence-corrected chi connectivity index (χ3v) is 5.87. The van der Waals surface area contributed by atoms with Crippen molar-refractivity contribution in [2.75, 3.05) is 12.4 Å². The maximum absolute atomic E-state index is 12.8. The molecule has 1 atom stereocenters. The number of hydrogen-bond donors (Lipinski definition) is 1. The smallest absolute Gasteiger partial charge is 0.262 e. The van der Waals surface area contributed by atoms with E-state index in [2.05, 4.69) is 20.5 Å².